The van der Waals surface area contributed by atoms with E-state index >= 15 is 0 Å². The molecule has 3 rings (SSSR count). The van der Waals surface area contributed by atoms with Crippen molar-refractivity contribution in [3.05, 3.63) is 23.2 Å². The van der Waals surface area contributed by atoms with Crippen LogP contribution in [0.5, 0.6) is 0 Å². The number of furan rings is 1. The van der Waals surface area contributed by atoms with Crippen LogP contribution in [0.1, 0.15) is 36.8 Å². The molecule has 2 aliphatic rings. The van der Waals surface area contributed by atoms with Gasteiger partial charge in [0.05, 0.1) is 6.54 Å². The predicted molar refractivity (Wildman–Crippen MR) is 80.7 cm³/mol. The van der Waals surface area contributed by atoms with Crippen molar-refractivity contribution in [3.63, 3.8) is 0 Å². The molecular formula is C16H27N3O. The van der Waals surface area contributed by atoms with Crippen LogP contribution in [0.2, 0.25) is 0 Å². The van der Waals surface area contributed by atoms with Crippen LogP contribution in [0.4, 0.5) is 0 Å². The van der Waals surface area contributed by atoms with Crippen LogP contribution in [-0.4, -0.2) is 48.6 Å². The maximum absolute atomic E-state index is 5.94. The number of nitrogens with zero attached hydrogens (tertiary/aromatic N) is 2. The molecule has 4 heteroatoms. The lowest BCUT2D eigenvalue weighted by Crippen LogP contribution is -2.49. The molecule has 0 spiro atoms. The fourth-order valence-electron chi connectivity index (χ4n) is 2.87. The summed E-state index contributed by atoms with van der Waals surface area (Å²) < 4.78 is 5.94. The number of likely N-dealkylation sites (N-methyl/N-ethyl adjacent to an activating group) is 1. The van der Waals surface area contributed by atoms with Gasteiger partial charge < -0.3 is 14.6 Å². The Kier molecular flexibility index (Phi) is 4.15. The smallest absolute Gasteiger partial charge is 0.118 e. The van der Waals surface area contributed by atoms with Crippen LogP contribution in [0.25, 0.3) is 0 Å². The monoisotopic (exact) mass is 277 g/mol. The zero-order valence-electron chi connectivity index (χ0n) is 13.0. The van der Waals surface area contributed by atoms with E-state index in [4.69, 9.17) is 4.42 Å². The molecule has 1 unspecified atom stereocenters. The quantitative estimate of drug-likeness (QED) is 0.892. The Morgan fingerprint density at radius 1 is 1.35 bits per heavy atom. The highest BCUT2D eigenvalue weighted by molar-refractivity contribution is 5.21. The third-order valence-corrected chi connectivity index (χ3v) is 4.65. The Morgan fingerprint density at radius 2 is 2.15 bits per heavy atom. The average Bonchev–Trinajstić information content (AvgIpc) is 3.17. The van der Waals surface area contributed by atoms with Gasteiger partial charge >= 0.3 is 0 Å². The molecule has 0 amide bonds. The summed E-state index contributed by atoms with van der Waals surface area (Å²) in [4.78, 5) is 4.93. The lowest BCUT2D eigenvalue weighted by atomic mass is 10.2. The second kappa shape index (κ2) is 5.88. The van der Waals surface area contributed by atoms with E-state index in [1.165, 1.54) is 18.4 Å². The third-order valence-electron chi connectivity index (χ3n) is 4.65. The number of piperazine rings is 1. The second-order valence-corrected chi connectivity index (χ2v) is 6.51. The maximum atomic E-state index is 5.94. The summed E-state index contributed by atoms with van der Waals surface area (Å²) in [5, 5.41) is 3.56. The van der Waals surface area contributed by atoms with Crippen LogP contribution in [0.15, 0.2) is 10.5 Å². The molecule has 0 radical (unpaired) electrons. The fourth-order valence-corrected chi connectivity index (χ4v) is 2.87. The molecule has 1 aliphatic carbocycles. The van der Waals surface area contributed by atoms with Crippen molar-refractivity contribution in [2.75, 3.05) is 26.7 Å². The van der Waals surface area contributed by atoms with Crippen molar-refractivity contribution in [1.82, 2.24) is 15.1 Å². The van der Waals surface area contributed by atoms with Gasteiger partial charge in [-0.05, 0) is 39.8 Å². The van der Waals surface area contributed by atoms with E-state index < -0.39 is 0 Å². The van der Waals surface area contributed by atoms with Crippen LogP contribution in [0.3, 0.4) is 0 Å². The molecule has 0 bridgehead atoms. The minimum absolute atomic E-state index is 0.635. The van der Waals surface area contributed by atoms with E-state index in [9.17, 15) is 0 Å². The average molecular weight is 277 g/mol. The van der Waals surface area contributed by atoms with Crippen LogP contribution in [-0.2, 0) is 13.1 Å². The minimum atomic E-state index is 0.635. The van der Waals surface area contributed by atoms with Crippen molar-refractivity contribution in [1.29, 1.82) is 0 Å². The minimum Gasteiger partial charge on any atom is -0.465 e. The van der Waals surface area contributed by atoms with Crippen molar-refractivity contribution in [2.45, 2.75) is 51.9 Å². The molecule has 2 fully saturated rings. The molecule has 1 aromatic heterocycles. The standard InChI is InChI=1S/C16H27N3O/c1-12-10-19(7-6-18(12)3)11-16-8-14(13(2)20-16)9-17-15-4-5-15/h8,12,15,17H,4-7,9-11H2,1-3H3. The first kappa shape index (κ1) is 14.1. The molecule has 1 atom stereocenters. The molecular weight excluding hydrogens is 250 g/mol. The van der Waals surface area contributed by atoms with Crippen molar-refractivity contribution in [3.8, 4) is 0 Å². The van der Waals surface area contributed by atoms with E-state index in [0.29, 0.717) is 6.04 Å². The first-order chi connectivity index (χ1) is 9.61. The van der Waals surface area contributed by atoms with Gasteiger partial charge in [-0.15, -0.1) is 0 Å². The van der Waals surface area contributed by atoms with E-state index in [1.54, 1.807) is 0 Å². The Balaban J connectivity index is 1.55. The van der Waals surface area contributed by atoms with Gasteiger partial charge in [0.1, 0.15) is 11.5 Å². The molecule has 1 saturated carbocycles. The predicted octanol–water partition coefficient (Wildman–Crippen LogP) is 1.98. The molecule has 4 nitrogen and oxygen atoms in total. The molecule has 20 heavy (non-hydrogen) atoms. The first-order valence-electron chi connectivity index (χ1n) is 7.86. The molecule has 1 saturated heterocycles. The Hall–Kier alpha value is -0.840. The Bertz CT molecular complexity index is 453. The summed E-state index contributed by atoms with van der Waals surface area (Å²) in [6.07, 6.45) is 2.67. The van der Waals surface area contributed by atoms with Gasteiger partial charge in [-0.1, -0.05) is 0 Å². The van der Waals surface area contributed by atoms with Crippen LogP contribution >= 0.6 is 0 Å². The van der Waals surface area contributed by atoms with E-state index in [2.05, 4.69) is 42.1 Å². The topological polar surface area (TPSA) is 31.7 Å². The summed E-state index contributed by atoms with van der Waals surface area (Å²) in [6, 6.07) is 3.63. The highest BCUT2D eigenvalue weighted by atomic mass is 16.3. The van der Waals surface area contributed by atoms with Crippen LogP contribution in [0, 0.1) is 6.92 Å². The normalized spacial score (nSPS) is 25.2. The van der Waals surface area contributed by atoms with Gasteiger partial charge in [-0.3, -0.25) is 4.90 Å². The summed E-state index contributed by atoms with van der Waals surface area (Å²) in [6.45, 7) is 9.70. The number of nitrogens with one attached hydrogen (secondary N) is 1. The van der Waals surface area contributed by atoms with Crippen molar-refractivity contribution in [2.24, 2.45) is 0 Å². The molecule has 1 aliphatic heterocycles. The molecule has 2 heterocycles. The number of aryl methyl sites for hydroxylation is 1. The Morgan fingerprint density at radius 3 is 2.85 bits per heavy atom. The maximum Gasteiger partial charge on any atom is 0.118 e. The summed E-state index contributed by atoms with van der Waals surface area (Å²) >= 11 is 0. The summed E-state index contributed by atoms with van der Waals surface area (Å²) in [5.41, 5.74) is 1.33. The van der Waals surface area contributed by atoms with Gasteiger partial charge in [-0.2, -0.15) is 0 Å². The van der Waals surface area contributed by atoms with Crippen molar-refractivity contribution < 1.29 is 4.42 Å². The lowest BCUT2D eigenvalue weighted by Gasteiger charge is -2.37. The summed E-state index contributed by atoms with van der Waals surface area (Å²) in [5.74, 6) is 2.20. The van der Waals surface area contributed by atoms with E-state index in [0.717, 1.165) is 50.3 Å². The van der Waals surface area contributed by atoms with Crippen LogP contribution < -0.4 is 5.32 Å². The van der Waals surface area contributed by atoms with E-state index in [-0.39, 0.29) is 0 Å². The Labute approximate surface area is 122 Å². The lowest BCUT2D eigenvalue weighted by molar-refractivity contribution is 0.0944. The first-order valence-corrected chi connectivity index (χ1v) is 7.86. The molecule has 1 N–H and O–H groups in total. The van der Waals surface area contributed by atoms with Crippen molar-refractivity contribution >= 4 is 0 Å². The zero-order valence-corrected chi connectivity index (χ0v) is 13.0. The fraction of sp³-hybridized carbons (Fsp3) is 0.750. The summed E-state index contributed by atoms with van der Waals surface area (Å²) in [7, 11) is 2.21. The van der Waals surface area contributed by atoms with Gasteiger partial charge in [0.25, 0.3) is 0 Å². The number of hydrogen-bond donors (Lipinski definition) is 1. The number of rotatable bonds is 5. The highest BCUT2D eigenvalue weighted by Crippen LogP contribution is 2.22. The highest BCUT2D eigenvalue weighted by Gasteiger charge is 2.23. The molecule has 0 aromatic carbocycles. The second-order valence-electron chi connectivity index (χ2n) is 6.51. The van der Waals surface area contributed by atoms with Gasteiger partial charge in [-0.25, -0.2) is 0 Å². The third kappa shape index (κ3) is 3.43. The van der Waals surface area contributed by atoms with Gasteiger partial charge in [0.15, 0.2) is 0 Å². The van der Waals surface area contributed by atoms with Gasteiger partial charge in [0.2, 0.25) is 0 Å². The molecule has 1 aromatic rings. The number of hydrogen-bond acceptors (Lipinski definition) is 4. The molecule has 112 valence electrons. The largest absolute Gasteiger partial charge is 0.465 e. The van der Waals surface area contributed by atoms with E-state index in [1.807, 2.05) is 0 Å². The zero-order chi connectivity index (χ0) is 14.1. The SMILES string of the molecule is Cc1oc(CN2CCN(C)C(C)C2)cc1CNC1CC1. The van der Waals surface area contributed by atoms with Gasteiger partial charge in [0, 0.05) is 43.8 Å².